The average molecular weight is 287 g/mol. The van der Waals surface area contributed by atoms with Crippen LogP contribution in [0.3, 0.4) is 0 Å². The number of carbonyl (C=O) groups is 2. The van der Waals surface area contributed by atoms with Gasteiger partial charge in [0.2, 0.25) is 5.91 Å². The van der Waals surface area contributed by atoms with Crippen molar-refractivity contribution in [2.75, 3.05) is 11.9 Å². The summed E-state index contributed by atoms with van der Waals surface area (Å²) in [5, 5.41) is 5.43. The molecule has 0 bridgehead atoms. The molecule has 6 heteroatoms. The van der Waals surface area contributed by atoms with Crippen molar-refractivity contribution in [2.45, 2.75) is 19.8 Å². The molecule has 110 valence electrons. The van der Waals surface area contributed by atoms with E-state index in [-0.39, 0.29) is 17.6 Å². The minimum Gasteiger partial charge on any atom is -0.459 e. The summed E-state index contributed by atoms with van der Waals surface area (Å²) in [6, 6.07) is 6.94. The van der Waals surface area contributed by atoms with Crippen molar-refractivity contribution < 1.29 is 14.0 Å². The minimum absolute atomic E-state index is 0.121. The van der Waals surface area contributed by atoms with E-state index in [4.69, 9.17) is 4.42 Å². The number of nitrogens with zero attached hydrogens (tertiary/aromatic N) is 1. The number of aromatic nitrogens is 1. The molecular weight excluding hydrogens is 270 g/mol. The predicted molar refractivity (Wildman–Crippen MR) is 77.9 cm³/mol. The highest BCUT2D eigenvalue weighted by Crippen LogP contribution is 2.09. The summed E-state index contributed by atoms with van der Waals surface area (Å²) in [5.74, 6) is 0.440. The van der Waals surface area contributed by atoms with Crippen molar-refractivity contribution in [3.05, 3.63) is 48.0 Å². The Kier molecular flexibility index (Phi) is 5.09. The number of rotatable bonds is 6. The second kappa shape index (κ2) is 7.23. The number of carbonyl (C=O) groups excluding carboxylic acids is 2. The lowest BCUT2D eigenvalue weighted by Gasteiger charge is -2.07. The zero-order valence-electron chi connectivity index (χ0n) is 11.8. The molecule has 0 aliphatic carbocycles. The maximum atomic E-state index is 11.8. The largest absolute Gasteiger partial charge is 0.459 e. The van der Waals surface area contributed by atoms with Gasteiger partial charge in [-0.15, -0.1) is 0 Å². The molecule has 0 atom stereocenters. The Morgan fingerprint density at radius 1 is 1.29 bits per heavy atom. The molecule has 0 unspecified atom stereocenters. The van der Waals surface area contributed by atoms with Gasteiger partial charge in [0.1, 0.15) is 5.82 Å². The SMILES string of the molecule is Cc1cccnc1NC(=O)CCCNC(=O)c1ccco1. The third-order valence-electron chi connectivity index (χ3n) is 2.88. The fourth-order valence-corrected chi connectivity index (χ4v) is 1.76. The highest BCUT2D eigenvalue weighted by molar-refractivity contribution is 5.91. The average Bonchev–Trinajstić information content (AvgIpc) is 3.00. The molecule has 2 amide bonds. The lowest BCUT2D eigenvalue weighted by Crippen LogP contribution is -2.25. The zero-order valence-corrected chi connectivity index (χ0v) is 11.8. The maximum Gasteiger partial charge on any atom is 0.286 e. The summed E-state index contributed by atoms with van der Waals surface area (Å²) in [4.78, 5) is 27.4. The predicted octanol–water partition coefficient (Wildman–Crippen LogP) is 2.13. The molecule has 2 aromatic rings. The van der Waals surface area contributed by atoms with Crippen LogP contribution in [-0.4, -0.2) is 23.3 Å². The second-order valence-electron chi connectivity index (χ2n) is 4.55. The fourth-order valence-electron chi connectivity index (χ4n) is 1.76. The standard InChI is InChI=1S/C15H17N3O3/c1-11-5-2-8-16-14(11)18-13(19)7-3-9-17-15(20)12-6-4-10-21-12/h2,4-6,8,10H,3,7,9H2,1H3,(H,17,20)(H,16,18,19). The molecule has 0 spiro atoms. The smallest absolute Gasteiger partial charge is 0.286 e. The number of hydrogen-bond donors (Lipinski definition) is 2. The van der Waals surface area contributed by atoms with E-state index in [2.05, 4.69) is 15.6 Å². The molecule has 0 saturated carbocycles. The molecule has 0 aliphatic rings. The zero-order chi connectivity index (χ0) is 15.1. The van der Waals surface area contributed by atoms with Gasteiger partial charge in [-0.1, -0.05) is 6.07 Å². The third kappa shape index (κ3) is 4.45. The van der Waals surface area contributed by atoms with Crippen LogP contribution in [0.4, 0.5) is 5.82 Å². The van der Waals surface area contributed by atoms with E-state index in [1.54, 1.807) is 18.3 Å². The molecule has 6 nitrogen and oxygen atoms in total. The van der Waals surface area contributed by atoms with Crippen LogP contribution in [0.15, 0.2) is 41.1 Å². The van der Waals surface area contributed by atoms with Crippen LogP contribution in [-0.2, 0) is 4.79 Å². The first-order valence-electron chi connectivity index (χ1n) is 6.70. The monoisotopic (exact) mass is 287 g/mol. The Labute approximate surface area is 122 Å². The van der Waals surface area contributed by atoms with E-state index in [1.165, 1.54) is 6.26 Å². The molecule has 2 N–H and O–H groups in total. The molecule has 0 saturated heterocycles. The first kappa shape index (κ1) is 14.8. The molecule has 0 fully saturated rings. The second-order valence-corrected chi connectivity index (χ2v) is 4.55. The summed E-state index contributed by atoms with van der Waals surface area (Å²) >= 11 is 0. The van der Waals surface area contributed by atoms with E-state index in [1.807, 2.05) is 19.1 Å². The van der Waals surface area contributed by atoms with Gasteiger partial charge in [-0.3, -0.25) is 9.59 Å². The van der Waals surface area contributed by atoms with Crippen LogP contribution < -0.4 is 10.6 Å². The molecule has 0 radical (unpaired) electrons. The van der Waals surface area contributed by atoms with Gasteiger partial charge in [0, 0.05) is 19.2 Å². The number of aryl methyl sites for hydroxylation is 1. The minimum atomic E-state index is -0.277. The molecule has 21 heavy (non-hydrogen) atoms. The number of anilines is 1. The molecule has 2 aromatic heterocycles. The van der Waals surface area contributed by atoms with Crippen LogP contribution in [0.5, 0.6) is 0 Å². The highest BCUT2D eigenvalue weighted by Gasteiger charge is 2.08. The summed E-state index contributed by atoms with van der Waals surface area (Å²) in [7, 11) is 0. The van der Waals surface area contributed by atoms with Crippen molar-refractivity contribution in [2.24, 2.45) is 0 Å². The summed E-state index contributed by atoms with van der Waals surface area (Å²) in [6.45, 7) is 2.29. The fraction of sp³-hybridized carbons (Fsp3) is 0.267. The van der Waals surface area contributed by atoms with Gasteiger partial charge in [-0.25, -0.2) is 4.98 Å². The van der Waals surface area contributed by atoms with Crippen LogP contribution in [0, 0.1) is 6.92 Å². The Bertz CT molecular complexity index is 608. The first-order chi connectivity index (χ1) is 10.2. The van der Waals surface area contributed by atoms with Crippen LogP contribution in [0.1, 0.15) is 29.0 Å². The topological polar surface area (TPSA) is 84.2 Å². The number of pyridine rings is 1. The Hall–Kier alpha value is -2.63. The highest BCUT2D eigenvalue weighted by atomic mass is 16.3. The first-order valence-corrected chi connectivity index (χ1v) is 6.70. The molecule has 0 aromatic carbocycles. The molecule has 0 aliphatic heterocycles. The van der Waals surface area contributed by atoms with Crippen LogP contribution in [0.25, 0.3) is 0 Å². The van der Waals surface area contributed by atoms with Crippen molar-refractivity contribution in [3.8, 4) is 0 Å². The van der Waals surface area contributed by atoms with Crippen molar-refractivity contribution >= 4 is 17.6 Å². The Balaban J connectivity index is 1.68. The number of amides is 2. The van der Waals surface area contributed by atoms with Gasteiger partial charge < -0.3 is 15.1 Å². The van der Waals surface area contributed by atoms with E-state index in [9.17, 15) is 9.59 Å². The van der Waals surface area contributed by atoms with Gasteiger partial charge >= 0.3 is 0 Å². The van der Waals surface area contributed by atoms with Crippen molar-refractivity contribution in [1.82, 2.24) is 10.3 Å². The van der Waals surface area contributed by atoms with Crippen LogP contribution in [0.2, 0.25) is 0 Å². The number of hydrogen-bond acceptors (Lipinski definition) is 4. The van der Waals surface area contributed by atoms with Crippen LogP contribution >= 0.6 is 0 Å². The summed E-state index contributed by atoms with van der Waals surface area (Å²) < 4.78 is 4.97. The quantitative estimate of drug-likeness (QED) is 0.797. The summed E-state index contributed by atoms with van der Waals surface area (Å²) in [6.07, 6.45) is 3.93. The molecule has 2 heterocycles. The number of nitrogens with one attached hydrogen (secondary N) is 2. The van der Waals surface area contributed by atoms with Gasteiger partial charge in [0.25, 0.3) is 5.91 Å². The Morgan fingerprint density at radius 3 is 2.86 bits per heavy atom. The van der Waals surface area contributed by atoms with E-state index >= 15 is 0 Å². The van der Waals surface area contributed by atoms with E-state index in [0.29, 0.717) is 25.2 Å². The van der Waals surface area contributed by atoms with E-state index < -0.39 is 0 Å². The lowest BCUT2D eigenvalue weighted by molar-refractivity contribution is -0.116. The summed E-state index contributed by atoms with van der Waals surface area (Å²) in [5.41, 5.74) is 0.914. The Morgan fingerprint density at radius 2 is 2.14 bits per heavy atom. The maximum absolute atomic E-state index is 11.8. The van der Waals surface area contributed by atoms with Gasteiger partial charge in [0.15, 0.2) is 5.76 Å². The van der Waals surface area contributed by atoms with Gasteiger partial charge in [-0.2, -0.15) is 0 Å². The number of furan rings is 1. The van der Waals surface area contributed by atoms with Crippen molar-refractivity contribution in [3.63, 3.8) is 0 Å². The van der Waals surface area contributed by atoms with Gasteiger partial charge in [0.05, 0.1) is 6.26 Å². The normalized spacial score (nSPS) is 10.1. The van der Waals surface area contributed by atoms with Crippen molar-refractivity contribution in [1.29, 1.82) is 0 Å². The van der Waals surface area contributed by atoms with Gasteiger partial charge in [-0.05, 0) is 37.1 Å². The molecular formula is C15H17N3O3. The third-order valence-corrected chi connectivity index (χ3v) is 2.88. The van der Waals surface area contributed by atoms with E-state index in [0.717, 1.165) is 5.56 Å². The molecule has 2 rings (SSSR count). The lowest BCUT2D eigenvalue weighted by atomic mass is 10.2.